The molecule has 0 aliphatic rings. The van der Waals surface area contributed by atoms with Crippen LogP contribution in [0.15, 0.2) is 12.1 Å². The first-order chi connectivity index (χ1) is 8.97. The third-order valence-corrected chi connectivity index (χ3v) is 3.28. The second-order valence-corrected chi connectivity index (χ2v) is 4.68. The van der Waals surface area contributed by atoms with Crippen LogP contribution in [0, 0.1) is 13.8 Å². The van der Waals surface area contributed by atoms with Gasteiger partial charge in [0.15, 0.2) is 0 Å². The van der Waals surface area contributed by atoms with Crippen molar-refractivity contribution >= 4 is 24.9 Å². The Morgan fingerprint density at radius 3 is 2.37 bits per heavy atom. The highest BCUT2D eigenvalue weighted by Gasteiger charge is 2.13. The molecule has 0 aliphatic heterocycles. The highest BCUT2D eigenvalue weighted by atomic mass is 19.1. The van der Waals surface area contributed by atoms with Gasteiger partial charge in [-0.05, 0) is 26.0 Å². The quantitative estimate of drug-likeness (QED) is 0.565. The summed E-state index contributed by atoms with van der Waals surface area (Å²) in [6, 6.07) is 4.00. The van der Waals surface area contributed by atoms with E-state index in [0.29, 0.717) is 13.2 Å². The minimum absolute atomic E-state index is 0.0356. The molecule has 3 nitrogen and oxygen atoms in total. The number of anilines is 1. The van der Waals surface area contributed by atoms with Crippen LogP contribution in [0.3, 0.4) is 0 Å². The number of carbonyl (C=O) groups excluding carboxylic acids is 1. The summed E-state index contributed by atoms with van der Waals surface area (Å²) >= 11 is 0. The van der Waals surface area contributed by atoms with E-state index in [9.17, 15) is 9.18 Å². The lowest BCUT2D eigenvalue weighted by Crippen LogP contribution is -2.33. The number of hydrogen-bond donors (Lipinski definition) is 0. The van der Waals surface area contributed by atoms with E-state index in [1.165, 1.54) is 12.4 Å². The summed E-state index contributed by atoms with van der Waals surface area (Å²) in [7, 11) is 2.07. The lowest BCUT2D eigenvalue weighted by atomic mass is 9.86. The molecule has 0 heterocycles. The minimum Gasteiger partial charge on any atom is -0.377 e. The van der Waals surface area contributed by atoms with Gasteiger partial charge in [-0.1, -0.05) is 16.6 Å². The Morgan fingerprint density at radius 2 is 1.89 bits per heavy atom. The highest BCUT2D eigenvalue weighted by molar-refractivity contribution is 6.34. The maximum atomic E-state index is 11.9. The molecule has 1 rings (SSSR count). The summed E-state index contributed by atoms with van der Waals surface area (Å²) < 4.78 is 17.0. The van der Waals surface area contributed by atoms with Gasteiger partial charge < -0.3 is 9.64 Å². The van der Waals surface area contributed by atoms with Crippen LogP contribution in [-0.4, -0.2) is 40.2 Å². The van der Waals surface area contributed by atoms with Gasteiger partial charge in [0.2, 0.25) is 5.91 Å². The van der Waals surface area contributed by atoms with Crippen molar-refractivity contribution in [3.8, 4) is 0 Å². The SMILES string of the molecule is Bc1c(C)cc(N(CCOCCF)C(C)=O)cc1C. The van der Waals surface area contributed by atoms with Crippen molar-refractivity contribution in [3.05, 3.63) is 23.3 Å². The molecule has 19 heavy (non-hydrogen) atoms. The number of halogens is 1. The number of alkyl halides is 1. The molecule has 0 N–H and O–H groups in total. The van der Waals surface area contributed by atoms with E-state index in [1.54, 1.807) is 4.90 Å². The second kappa shape index (κ2) is 7.29. The minimum atomic E-state index is -0.497. The summed E-state index contributed by atoms with van der Waals surface area (Å²) in [5.74, 6) is -0.0356. The van der Waals surface area contributed by atoms with E-state index in [4.69, 9.17) is 4.74 Å². The van der Waals surface area contributed by atoms with E-state index < -0.39 is 6.67 Å². The molecule has 0 saturated carbocycles. The predicted molar refractivity (Wildman–Crippen MR) is 78.9 cm³/mol. The van der Waals surface area contributed by atoms with Gasteiger partial charge in [0, 0.05) is 19.2 Å². The van der Waals surface area contributed by atoms with Crippen LogP contribution in [0.4, 0.5) is 10.1 Å². The first-order valence-corrected chi connectivity index (χ1v) is 6.47. The molecule has 0 bridgehead atoms. The summed E-state index contributed by atoms with van der Waals surface area (Å²) in [4.78, 5) is 13.4. The van der Waals surface area contributed by atoms with Gasteiger partial charge in [-0.3, -0.25) is 4.79 Å². The maximum absolute atomic E-state index is 11.9. The fourth-order valence-corrected chi connectivity index (χ4v) is 1.95. The maximum Gasteiger partial charge on any atom is 0.223 e. The molecule has 0 atom stereocenters. The Morgan fingerprint density at radius 1 is 1.32 bits per heavy atom. The molecule has 1 aromatic carbocycles. The molecule has 1 aromatic rings. The average Bonchev–Trinajstić information content (AvgIpc) is 2.35. The van der Waals surface area contributed by atoms with Crippen molar-refractivity contribution in [3.63, 3.8) is 0 Å². The summed E-state index contributed by atoms with van der Waals surface area (Å²) in [5.41, 5.74) is 4.43. The number of amides is 1. The summed E-state index contributed by atoms with van der Waals surface area (Å²) in [6.45, 7) is 5.96. The van der Waals surface area contributed by atoms with Crippen LogP contribution >= 0.6 is 0 Å². The van der Waals surface area contributed by atoms with E-state index in [-0.39, 0.29) is 12.5 Å². The van der Waals surface area contributed by atoms with Crippen molar-refractivity contribution in [1.29, 1.82) is 0 Å². The first-order valence-electron chi connectivity index (χ1n) is 6.47. The average molecular weight is 265 g/mol. The van der Waals surface area contributed by atoms with Crippen LogP contribution in [0.2, 0.25) is 0 Å². The highest BCUT2D eigenvalue weighted by Crippen LogP contribution is 2.17. The number of hydrogen-bond acceptors (Lipinski definition) is 2. The number of ether oxygens (including phenoxy) is 1. The fourth-order valence-electron chi connectivity index (χ4n) is 1.95. The predicted octanol–water partition coefficient (Wildman–Crippen LogP) is 0.901. The molecular weight excluding hydrogens is 244 g/mol. The third kappa shape index (κ3) is 4.35. The molecule has 0 aromatic heterocycles. The van der Waals surface area contributed by atoms with Crippen molar-refractivity contribution in [1.82, 2.24) is 0 Å². The standard InChI is InChI=1S/C14H21BFNO2/c1-10-8-13(9-11(2)14(10)15)17(12(3)18)5-7-19-6-4-16/h8-9H,4-7,15H2,1-3H3. The Kier molecular flexibility index (Phi) is 6.02. The van der Waals surface area contributed by atoms with Crippen LogP contribution in [-0.2, 0) is 9.53 Å². The van der Waals surface area contributed by atoms with E-state index in [2.05, 4.69) is 7.85 Å². The van der Waals surface area contributed by atoms with Gasteiger partial charge in [-0.25, -0.2) is 4.39 Å². The van der Waals surface area contributed by atoms with Crippen molar-refractivity contribution < 1.29 is 13.9 Å². The molecule has 0 unspecified atom stereocenters. The fraction of sp³-hybridized carbons (Fsp3) is 0.500. The largest absolute Gasteiger partial charge is 0.377 e. The number of benzene rings is 1. The van der Waals surface area contributed by atoms with E-state index in [1.807, 2.05) is 26.0 Å². The smallest absolute Gasteiger partial charge is 0.223 e. The van der Waals surface area contributed by atoms with Crippen LogP contribution < -0.4 is 10.4 Å². The van der Waals surface area contributed by atoms with Gasteiger partial charge in [0.1, 0.15) is 14.5 Å². The molecule has 0 saturated heterocycles. The number of rotatable bonds is 6. The topological polar surface area (TPSA) is 29.5 Å². The zero-order valence-corrected chi connectivity index (χ0v) is 12.1. The molecule has 5 heteroatoms. The number of nitrogens with zero attached hydrogens (tertiary/aromatic N) is 1. The van der Waals surface area contributed by atoms with Gasteiger partial charge in [-0.15, -0.1) is 0 Å². The molecule has 1 amide bonds. The first kappa shape index (κ1) is 15.7. The van der Waals surface area contributed by atoms with Gasteiger partial charge in [0.05, 0.1) is 13.2 Å². The van der Waals surface area contributed by atoms with Crippen molar-refractivity contribution in [2.75, 3.05) is 31.3 Å². The Balaban J connectivity index is 2.84. The van der Waals surface area contributed by atoms with Gasteiger partial charge in [0.25, 0.3) is 0 Å². The van der Waals surface area contributed by atoms with Gasteiger partial charge in [-0.2, -0.15) is 0 Å². The molecule has 104 valence electrons. The monoisotopic (exact) mass is 265 g/mol. The van der Waals surface area contributed by atoms with Crippen LogP contribution in [0.25, 0.3) is 0 Å². The third-order valence-electron chi connectivity index (χ3n) is 3.28. The van der Waals surface area contributed by atoms with Crippen molar-refractivity contribution in [2.24, 2.45) is 0 Å². The number of aryl methyl sites for hydroxylation is 2. The van der Waals surface area contributed by atoms with Crippen molar-refractivity contribution in [2.45, 2.75) is 20.8 Å². The zero-order valence-electron chi connectivity index (χ0n) is 12.1. The molecule has 0 spiro atoms. The van der Waals surface area contributed by atoms with E-state index >= 15 is 0 Å². The van der Waals surface area contributed by atoms with Crippen LogP contribution in [0.1, 0.15) is 18.1 Å². The van der Waals surface area contributed by atoms with Gasteiger partial charge >= 0.3 is 0 Å². The summed E-state index contributed by atoms with van der Waals surface area (Å²) in [5, 5.41) is 0. The number of carbonyl (C=O) groups is 1. The van der Waals surface area contributed by atoms with Crippen LogP contribution in [0.5, 0.6) is 0 Å². The lowest BCUT2D eigenvalue weighted by molar-refractivity contribution is -0.116. The molecule has 0 radical (unpaired) electrons. The second-order valence-electron chi connectivity index (χ2n) is 4.68. The zero-order chi connectivity index (χ0) is 14.4. The molecule has 0 fully saturated rings. The Labute approximate surface area is 115 Å². The Bertz CT molecular complexity index is 428. The summed E-state index contributed by atoms with van der Waals surface area (Å²) in [6.07, 6.45) is 0. The lowest BCUT2D eigenvalue weighted by Gasteiger charge is -2.23. The normalized spacial score (nSPS) is 10.5. The molecule has 0 aliphatic carbocycles. The Hall–Kier alpha value is -1.36. The molecular formula is C14H21BFNO2. The van der Waals surface area contributed by atoms with E-state index in [0.717, 1.165) is 16.8 Å².